The molecular weight excluding hydrogens is 586 g/mol. The molecule has 2 heterocycles. The molecule has 1 fully saturated rings. The number of rotatable bonds is 9. The number of aryl methyl sites for hydroxylation is 1. The maximum absolute atomic E-state index is 13.9. The van der Waals surface area contributed by atoms with E-state index in [4.69, 9.17) is 14.2 Å². The minimum Gasteiger partial charge on any atom is -0.493 e. The zero-order valence-electron chi connectivity index (χ0n) is 27.4. The van der Waals surface area contributed by atoms with Crippen molar-refractivity contribution in [3.8, 4) is 28.4 Å². The monoisotopic (exact) mass is 629 g/mol. The molecule has 2 aliphatic rings. The van der Waals surface area contributed by atoms with Gasteiger partial charge in [-0.1, -0.05) is 26.0 Å². The zero-order valence-corrected chi connectivity index (χ0v) is 27.4. The van der Waals surface area contributed by atoms with E-state index in [1.165, 1.54) is 6.92 Å². The first-order valence-electron chi connectivity index (χ1n) is 15.7. The van der Waals surface area contributed by atoms with Crippen LogP contribution in [0.15, 0.2) is 53.5 Å². The van der Waals surface area contributed by atoms with Crippen LogP contribution in [-0.4, -0.2) is 75.2 Å². The fourth-order valence-electron chi connectivity index (χ4n) is 6.40. The molecule has 0 unspecified atom stereocenters. The van der Waals surface area contributed by atoms with Crippen LogP contribution < -0.4 is 35.2 Å². The third-order valence-corrected chi connectivity index (χ3v) is 8.72. The van der Waals surface area contributed by atoms with Crippen molar-refractivity contribution >= 4 is 23.3 Å². The molecule has 1 saturated heterocycles. The number of aromatic nitrogens is 1. The molecule has 2 N–H and O–H groups in total. The first-order valence-corrected chi connectivity index (χ1v) is 15.7. The average molecular weight is 630 g/mol. The summed E-state index contributed by atoms with van der Waals surface area (Å²) in [7, 11) is 4.69. The summed E-state index contributed by atoms with van der Waals surface area (Å²) in [5, 5.41) is 6.33. The Bertz CT molecular complexity index is 1640. The van der Waals surface area contributed by atoms with Gasteiger partial charge in [0, 0.05) is 44.9 Å². The molecule has 46 heavy (non-hydrogen) atoms. The molecule has 11 nitrogen and oxygen atoms in total. The number of nitrogens with one attached hydrogen (secondary N) is 2. The first-order chi connectivity index (χ1) is 22.2. The van der Waals surface area contributed by atoms with Crippen LogP contribution in [-0.2, 0) is 16.0 Å². The molecule has 3 aromatic rings. The van der Waals surface area contributed by atoms with Gasteiger partial charge in [-0.15, -0.1) is 0 Å². The third-order valence-electron chi connectivity index (χ3n) is 8.72. The highest BCUT2D eigenvalue weighted by Crippen LogP contribution is 2.50. The molecule has 244 valence electrons. The van der Waals surface area contributed by atoms with Crippen LogP contribution in [0, 0.1) is 5.92 Å². The predicted octanol–water partition coefficient (Wildman–Crippen LogP) is 4.04. The number of pyridine rings is 1. The number of ether oxygens (including phenoxy) is 3. The van der Waals surface area contributed by atoms with Gasteiger partial charge in [-0.3, -0.25) is 14.4 Å². The van der Waals surface area contributed by atoms with Crippen molar-refractivity contribution in [1.82, 2.24) is 15.2 Å². The van der Waals surface area contributed by atoms with Crippen LogP contribution in [0.25, 0.3) is 11.1 Å². The minimum atomic E-state index is -0.617. The Hall–Kier alpha value is -4.80. The molecule has 0 radical (unpaired) electrons. The van der Waals surface area contributed by atoms with Crippen LogP contribution in [0.5, 0.6) is 17.2 Å². The average Bonchev–Trinajstić information content (AvgIpc) is 3.30. The lowest BCUT2D eigenvalue weighted by atomic mass is 9.95. The van der Waals surface area contributed by atoms with E-state index < -0.39 is 12.1 Å². The van der Waals surface area contributed by atoms with E-state index in [0.29, 0.717) is 67.5 Å². The highest BCUT2D eigenvalue weighted by molar-refractivity contribution is 5.86. The Kier molecular flexibility index (Phi) is 9.99. The molecule has 2 atom stereocenters. The molecule has 0 spiro atoms. The van der Waals surface area contributed by atoms with E-state index in [1.54, 1.807) is 39.7 Å². The van der Waals surface area contributed by atoms with Gasteiger partial charge in [0.05, 0.1) is 33.1 Å². The summed E-state index contributed by atoms with van der Waals surface area (Å²) in [5.74, 6) is 2.01. The van der Waals surface area contributed by atoms with Gasteiger partial charge in [0.1, 0.15) is 11.9 Å². The topological polar surface area (TPSA) is 122 Å². The normalized spacial score (nSPS) is 16.5. The summed E-state index contributed by atoms with van der Waals surface area (Å²) in [6.45, 7) is 7.86. The van der Waals surface area contributed by atoms with Gasteiger partial charge in [-0.2, -0.15) is 0 Å². The molecule has 1 aliphatic carbocycles. The summed E-state index contributed by atoms with van der Waals surface area (Å²) in [6, 6.07) is 11.8. The van der Waals surface area contributed by atoms with E-state index in [1.807, 2.05) is 49.1 Å². The SMILES string of the molecule is COc1cc2c(c(OC)c1OC)-c1ccc(N[C@H](C(=O)N3CCN(c4ccccn4)CC3)C(C)C)c(=O)cc1[C@H](NC(C)=O)CC2. The summed E-state index contributed by atoms with van der Waals surface area (Å²) in [4.78, 5) is 48.5. The molecule has 2 aromatic carbocycles. The van der Waals surface area contributed by atoms with Gasteiger partial charge in [-0.25, -0.2) is 4.98 Å². The van der Waals surface area contributed by atoms with Gasteiger partial charge >= 0.3 is 0 Å². The van der Waals surface area contributed by atoms with Crippen LogP contribution >= 0.6 is 0 Å². The van der Waals surface area contributed by atoms with Crippen molar-refractivity contribution in [2.75, 3.05) is 57.7 Å². The van der Waals surface area contributed by atoms with E-state index in [9.17, 15) is 14.4 Å². The largest absolute Gasteiger partial charge is 0.493 e. The highest BCUT2D eigenvalue weighted by atomic mass is 16.5. The van der Waals surface area contributed by atoms with Gasteiger partial charge in [0.2, 0.25) is 23.0 Å². The molecule has 11 heteroatoms. The molecule has 1 aliphatic heterocycles. The van der Waals surface area contributed by atoms with E-state index >= 15 is 0 Å². The fourth-order valence-corrected chi connectivity index (χ4v) is 6.40. The van der Waals surface area contributed by atoms with E-state index in [0.717, 1.165) is 22.5 Å². The van der Waals surface area contributed by atoms with Crippen molar-refractivity contribution in [3.05, 3.63) is 70.0 Å². The minimum absolute atomic E-state index is 0.0527. The second-order valence-corrected chi connectivity index (χ2v) is 12.0. The quantitative estimate of drug-likeness (QED) is 0.361. The molecule has 0 saturated carbocycles. The summed E-state index contributed by atoms with van der Waals surface area (Å²) in [5.41, 5.74) is 3.12. The lowest BCUT2D eigenvalue weighted by Crippen LogP contribution is -2.54. The number of methoxy groups -OCH3 is 3. The number of piperazine rings is 1. The van der Waals surface area contributed by atoms with Crippen molar-refractivity contribution in [1.29, 1.82) is 0 Å². The number of carbonyl (C=O) groups excluding carboxylic acids is 2. The Morgan fingerprint density at radius 1 is 0.957 bits per heavy atom. The van der Waals surface area contributed by atoms with Gasteiger partial charge in [0.15, 0.2) is 11.5 Å². The van der Waals surface area contributed by atoms with Crippen molar-refractivity contribution in [3.63, 3.8) is 0 Å². The summed E-state index contributed by atoms with van der Waals surface area (Å²) < 4.78 is 17.2. The van der Waals surface area contributed by atoms with Crippen molar-refractivity contribution in [2.24, 2.45) is 5.92 Å². The molecule has 2 amide bonds. The van der Waals surface area contributed by atoms with Crippen LogP contribution in [0.2, 0.25) is 0 Å². The molecule has 0 bridgehead atoms. The van der Waals surface area contributed by atoms with Crippen LogP contribution in [0.1, 0.15) is 44.4 Å². The number of anilines is 2. The smallest absolute Gasteiger partial charge is 0.245 e. The Labute approximate surface area is 269 Å². The predicted molar refractivity (Wildman–Crippen MR) is 178 cm³/mol. The number of hydrogen-bond acceptors (Lipinski definition) is 9. The second-order valence-electron chi connectivity index (χ2n) is 12.0. The standard InChI is InChI=1S/C35H43N5O6/c1-21(2)32(35(43)40-17-15-39(16-18-40)30-9-7-8-14-36-30)38-27-13-11-24-25(20-28(27)42)26(37-22(3)41)12-10-23-19-29(44-4)33(45-5)34(46-6)31(23)24/h7-9,11,13-14,19-21,26,32H,10,12,15-18H2,1-6H3,(H,37,41)(H,38,42)/t26-,32+/m1/s1. The van der Waals surface area contributed by atoms with Crippen LogP contribution in [0.3, 0.4) is 0 Å². The van der Waals surface area contributed by atoms with Gasteiger partial charge in [-0.05, 0) is 65.8 Å². The van der Waals surface area contributed by atoms with Crippen molar-refractivity contribution < 1.29 is 23.8 Å². The Morgan fingerprint density at radius 2 is 1.70 bits per heavy atom. The lowest BCUT2D eigenvalue weighted by molar-refractivity contribution is -0.133. The number of amides is 2. The fraction of sp³-hybridized carbons (Fsp3) is 0.429. The number of benzene rings is 1. The van der Waals surface area contributed by atoms with Crippen molar-refractivity contribution in [2.45, 2.75) is 45.7 Å². The number of fused-ring (bicyclic) bond motifs is 3. The maximum Gasteiger partial charge on any atom is 0.245 e. The molecular formula is C35H43N5O6. The lowest BCUT2D eigenvalue weighted by Gasteiger charge is -2.37. The zero-order chi connectivity index (χ0) is 33.0. The Morgan fingerprint density at radius 3 is 2.30 bits per heavy atom. The number of carbonyl (C=O) groups is 2. The second kappa shape index (κ2) is 14.1. The molecule has 1 aromatic heterocycles. The third kappa shape index (κ3) is 6.59. The summed E-state index contributed by atoms with van der Waals surface area (Å²) in [6.07, 6.45) is 2.93. The van der Waals surface area contributed by atoms with Crippen LogP contribution in [0.4, 0.5) is 11.5 Å². The Balaban J connectivity index is 1.51. The molecule has 5 rings (SSSR count). The van der Waals surface area contributed by atoms with E-state index in [2.05, 4.69) is 20.5 Å². The van der Waals surface area contributed by atoms with Gasteiger partial charge < -0.3 is 34.6 Å². The highest BCUT2D eigenvalue weighted by Gasteiger charge is 2.32. The maximum atomic E-state index is 13.9. The first kappa shape index (κ1) is 32.6. The van der Waals surface area contributed by atoms with E-state index in [-0.39, 0.29) is 23.2 Å². The number of nitrogens with zero attached hydrogens (tertiary/aromatic N) is 3. The van der Waals surface area contributed by atoms with Gasteiger partial charge in [0.25, 0.3) is 0 Å². The summed E-state index contributed by atoms with van der Waals surface area (Å²) >= 11 is 0. The number of hydrogen-bond donors (Lipinski definition) is 2.